The van der Waals surface area contributed by atoms with Gasteiger partial charge in [-0.25, -0.2) is 9.97 Å². The van der Waals surface area contributed by atoms with Gasteiger partial charge in [-0.3, -0.25) is 9.59 Å². The second-order valence-corrected chi connectivity index (χ2v) is 11.1. The van der Waals surface area contributed by atoms with Gasteiger partial charge in [0.15, 0.2) is 0 Å². The number of nitrogens with one attached hydrogen (secondary N) is 2. The highest BCUT2D eigenvalue weighted by Crippen LogP contribution is 2.33. The number of fused-ring (bicyclic) bond motifs is 1. The first-order valence-electron chi connectivity index (χ1n) is 15.8. The summed E-state index contributed by atoms with van der Waals surface area (Å²) in [5, 5.41) is 25.7. The molecule has 0 aromatic carbocycles. The lowest BCUT2D eigenvalue weighted by Gasteiger charge is -2.14. The van der Waals surface area contributed by atoms with Crippen LogP contribution in [0.5, 0.6) is 0 Å². The Kier molecular flexibility index (Phi) is 17.7. The predicted octanol–water partition coefficient (Wildman–Crippen LogP) is 1.26. The van der Waals surface area contributed by atoms with Crippen molar-refractivity contribution in [1.82, 2.24) is 25.2 Å². The van der Waals surface area contributed by atoms with Crippen molar-refractivity contribution in [3.8, 4) is 11.8 Å². The smallest absolute Gasteiger partial charge is 0.220 e. The molecule has 256 valence electrons. The largest absolute Gasteiger partial charge is 0.394 e. The summed E-state index contributed by atoms with van der Waals surface area (Å²) >= 11 is 5.65. The van der Waals surface area contributed by atoms with Gasteiger partial charge in [0.25, 0.3) is 0 Å². The number of carbonyl (C=O) groups is 2. The molecule has 0 spiro atoms. The number of halogens is 1. The van der Waals surface area contributed by atoms with Crippen LogP contribution in [0.4, 0.5) is 5.82 Å². The SMILES string of the molecule is Nc1ncnc2c1c(C#CCOCCNC(=O)CCCC(=O)NCCOCCOCCCCCCCl)cn2C1CC(O)C(CO)O1. The van der Waals surface area contributed by atoms with E-state index in [1.807, 2.05) is 0 Å². The van der Waals surface area contributed by atoms with E-state index in [-0.39, 0.29) is 56.7 Å². The van der Waals surface area contributed by atoms with Crippen molar-refractivity contribution in [1.29, 1.82) is 0 Å². The fourth-order valence-corrected chi connectivity index (χ4v) is 5.00. The quantitative estimate of drug-likeness (QED) is 0.0690. The van der Waals surface area contributed by atoms with Crippen LogP contribution in [-0.2, 0) is 28.5 Å². The minimum Gasteiger partial charge on any atom is -0.394 e. The van der Waals surface area contributed by atoms with Gasteiger partial charge < -0.3 is 50.1 Å². The number of ether oxygens (including phenoxy) is 4. The summed E-state index contributed by atoms with van der Waals surface area (Å²) in [4.78, 5) is 32.4. The topological polar surface area (TPSA) is 192 Å². The second-order valence-electron chi connectivity index (χ2n) is 10.8. The Morgan fingerprint density at radius 3 is 2.39 bits per heavy atom. The molecule has 3 atom stereocenters. The lowest BCUT2D eigenvalue weighted by atomic mass is 10.2. The third-order valence-electron chi connectivity index (χ3n) is 7.22. The summed E-state index contributed by atoms with van der Waals surface area (Å²) in [6.45, 7) is 2.97. The average Bonchev–Trinajstić information content (AvgIpc) is 3.61. The van der Waals surface area contributed by atoms with Crippen LogP contribution in [0.25, 0.3) is 11.0 Å². The third kappa shape index (κ3) is 13.0. The van der Waals surface area contributed by atoms with E-state index in [4.69, 9.17) is 36.3 Å². The Bertz CT molecular complexity index is 1270. The lowest BCUT2D eigenvalue weighted by molar-refractivity contribution is -0.122. The van der Waals surface area contributed by atoms with Crippen LogP contribution in [0.2, 0.25) is 0 Å². The zero-order valence-corrected chi connectivity index (χ0v) is 27.0. The van der Waals surface area contributed by atoms with Gasteiger partial charge in [-0.1, -0.05) is 24.7 Å². The number of nitrogens with two attached hydrogens (primary N) is 1. The van der Waals surface area contributed by atoms with Crippen molar-refractivity contribution in [2.75, 3.05) is 71.0 Å². The molecule has 46 heavy (non-hydrogen) atoms. The lowest BCUT2D eigenvalue weighted by Crippen LogP contribution is -2.29. The van der Waals surface area contributed by atoms with Gasteiger partial charge >= 0.3 is 0 Å². The number of aromatic nitrogens is 3. The maximum absolute atomic E-state index is 12.1. The number of hydrogen-bond donors (Lipinski definition) is 5. The highest BCUT2D eigenvalue weighted by Gasteiger charge is 2.35. The summed E-state index contributed by atoms with van der Waals surface area (Å²) in [6, 6.07) is 0. The molecule has 3 rings (SSSR count). The van der Waals surface area contributed by atoms with Gasteiger partial charge in [0.1, 0.15) is 36.7 Å². The van der Waals surface area contributed by atoms with E-state index in [0.717, 1.165) is 32.3 Å². The fraction of sp³-hybridized carbons (Fsp3) is 0.677. The fourth-order valence-electron chi connectivity index (χ4n) is 4.81. The molecule has 2 aromatic heterocycles. The predicted molar refractivity (Wildman–Crippen MR) is 172 cm³/mol. The van der Waals surface area contributed by atoms with Crippen LogP contribution in [-0.4, -0.2) is 114 Å². The number of alkyl halides is 1. The van der Waals surface area contributed by atoms with Crippen molar-refractivity contribution < 1.29 is 38.7 Å². The van der Waals surface area contributed by atoms with Gasteiger partial charge in [0.2, 0.25) is 11.8 Å². The molecule has 14 nitrogen and oxygen atoms in total. The Hall–Kier alpha value is -3.03. The summed E-state index contributed by atoms with van der Waals surface area (Å²) in [5.74, 6) is 6.65. The highest BCUT2D eigenvalue weighted by atomic mass is 35.5. The van der Waals surface area contributed by atoms with Crippen molar-refractivity contribution in [2.45, 2.75) is 69.8 Å². The van der Waals surface area contributed by atoms with Crippen molar-refractivity contribution in [2.24, 2.45) is 0 Å². The summed E-state index contributed by atoms with van der Waals surface area (Å²) < 4.78 is 24.0. The molecule has 1 saturated heterocycles. The van der Waals surface area contributed by atoms with E-state index in [0.29, 0.717) is 61.8 Å². The maximum Gasteiger partial charge on any atom is 0.220 e. The molecule has 0 bridgehead atoms. The number of unbranched alkanes of at least 4 members (excludes halogenated alkanes) is 3. The van der Waals surface area contributed by atoms with E-state index in [2.05, 4.69) is 32.4 Å². The van der Waals surface area contributed by atoms with E-state index >= 15 is 0 Å². The molecular weight excluding hydrogens is 620 g/mol. The number of nitrogen functional groups attached to an aromatic ring is 1. The van der Waals surface area contributed by atoms with Crippen molar-refractivity contribution in [3.63, 3.8) is 0 Å². The summed E-state index contributed by atoms with van der Waals surface area (Å²) in [5.41, 5.74) is 7.19. The summed E-state index contributed by atoms with van der Waals surface area (Å²) in [6.07, 6.45) is 6.61. The number of carbonyl (C=O) groups excluding carboxylic acids is 2. The van der Waals surface area contributed by atoms with Crippen molar-refractivity contribution in [3.05, 3.63) is 18.1 Å². The zero-order chi connectivity index (χ0) is 33.0. The highest BCUT2D eigenvalue weighted by molar-refractivity contribution is 6.17. The van der Waals surface area contributed by atoms with E-state index in [1.165, 1.54) is 6.33 Å². The molecule has 1 aliphatic rings. The minimum atomic E-state index is -0.798. The molecule has 2 amide bonds. The Labute approximate surface area is 274 Å². The molecule has 15 heteroatoms. The first-order chi connectivity index (χ1) is 22.4. The van der Waals surface area contributed by atoms with Crippen LogP contribution in [0.3, 0.4) is 0 Å². The van der Waals surface area contributed by atoms with Crippen LogP contribution >= 0.6 is 11.6 Å². The number of anilines is 1. The molecule has 0 aliphatic carbocycles. The van der Waals surface area contributed by atoms with Gasteiger partial charge in [-0.05, 0) is 19.3 Å². The molecular formula is C31H47ClN6O8. The number of aliphatic hydroxyl groups is 2. The summed E-state index contributed by atoms with van der Waals surface area (Å²) in [7, 11) is 0. The molecule has 3 unspecified atom stereocenters. The van der Waals surface area contributed by atoms with E-state index < -0.39 is 18.4 Å². The van der Waals surface area contributed by atoms with Gasteiger partial charge in [-0.2, -0.15) is 0 Å². The average molecular weight is 667 g/mol. The van der Waals surface area contributed by atoms with Crippen LogP contribution < -0.4 is 16.4 Å². The Morgan fingerprint density at radius 2 is 1.70 bits per heavy atom. The Morgan fingerprint density at radius 1 is 1.00 bits per heavy atom. The first-order valence-corrected chi connectivity index (χ1v) is 16.3. The number of hydrogen-bond acceptors (Lipinski definition) is 11. The second kappa shape index (κ2) is 21.7. The molecule has 3 heterocycles. The number of amides is 2. The van der Waals surface area contributed by atoms with E-state index in [1.54, 1.807) is 10.8 Å². The normalized spacial score (nSPS) is 17.6. The Balaban J connectivity index is 1.22. The van der Waals surface area contributed by atoms with Crippen molar-refractivity contribution >= 4 is 40.3 Å². The number of nitrogens with zero attached hydrogens (tertiary/aromatic N) is 3. The molecule has 1 aliphatic heterocycles. The minimum absolute atomic E-state index is 0.119. The zero-order valence-electron chi connectivity index (χ0n) is 26.3. The monoisotopic (exact) mass is 666 g/mol. The molecule has 6 N–H and O–H groups in total. The van der Waals surface area contributed by atoms with E-state index in [9.17, 15) is 19.8 Å². The number of rotatable bonds is 22. The molecule has 1 fully saturated rings. The number of aliphatic hydroxyl groups excluding tert-OH is 2. The standard InChI is InChI=1S/C31H47ClN6O8/c32-10-3-1-2-4-13-44-17-18-45-16-12-35-27(42)9-5-8-26(41)34-11-15-43-14-6-7-23-20-38(28-19-24(40)25(21-39)46-28)31-29(23)30(33)36-22-37-31/h20,22,24-25,28,39-40H,1-5,8-19,21H2,(H,34,41)(H,35,42)(H2,33,36,37). The van der Waals surface area contributed by atoms with Gasteiger partial charge in [0.05, 0.1) is 50.1 Å². The van der Waals surface area contributed by atoms with Crippen LogP contribution in [0.15, 0.2) is 12.5 Å². The molecule has 0 radical (unpaired) electrons. The van der Waals surface area contributed by atoms with Crippen LogP contribution in [0.1, 0.15) is 63.2 Å². The van der Waals surface area contributed by atoms with Crippen LogP contribution in [0, 0.1) is 11.8 Å². The molecule has 0 saturated carbocycles. The molecule has 2 aromatic rings. The third-order valence-corrected chi connectivity index (χ3v) is 7.49. The van der Waals surface area contributed by atoms with Gasteiger partial charge in [-0.15, -0.1) is 11.6 Å². The first kappa shape index (κ1) is 37.4. The van der Waals surface area contributed by atoms with Gasteiger partial charge in [0, 0.05) is 51.0 Å². The maximum atomic E-state index is 12.1.